The van der Waals surface area contributed by atoms with E-state index in [1.54, 1.807) is 0 Å². The van der Waals surface area contributed by atoms with Crippen LogP contribution >= 0.6 is 12.4 Å². The molecule has 0 aliphatic carbocycles. The molecular weight excluding hydrogens is 212 g/mol. The van der Waals surface area contributed by atoms with Gasteiger partial charge in [-0.3, -0.25) is 0 Å². The first-order valence-corrected chi connectivity index (χ1v) is 4.75. The molecule has 0 bridgehead atoms. The number of fused-ring (bicyclic) bond motifs is 1. The van der Waals surface area contributed by atoms with E-state index in [0.29, 0.717) is 6.42 Å². The van der Waals surface area contributed by atoms with E-state index in [9.17, 15) is 0 Å². The first kappa shape index (κ1) is 12.0. The molecule has 0 saturated carbocycles. The fraction of sp³-hybridized carbons (Fsp3) is 0.273. The largest absolute Gasteiger partial charge is 0.396 e. The van der Waals surface area contributed by atoms with Crippen LogP contribution in [0.2, 0.25) is 0 Å². The number of aromatic nitrogens is 1. The molecule has 15 heavy (non-hydrogen) atoms. The molecule has 3 nitrogen and oxygen atoms in total. The van der Waals surface area contributed by atoms with Crippen LogP contribution in [0.1, 0.15) is 18.0 Å². The fourth-order valence-corrected chi connectivity index (χ4v) is 1.73. The summed E-state index contributed by atoms with van der Waals surface area (Å²) in [5.41, 5.74) is 8.15. The molecule has 4 N–H and O–H groups in total. The van der Waals surface area contributed by atoms with E-state index in [-0.39, 0.29) is 25.1 Å². The van der Waals surface area contributed by atoms with Crippen molar-refractivity contribution in [3.63, 3.8) is 0 Å². The summed E-state index contributed by atoms with van der Waals surface area (Å²) in [6.45, 7) is 0.127. The van der Waals surface area contributed by atoms with E-state index in [4.69, 9.17) is 10.8 Å². The molecule has 1 atom stereocenters. The van der Waals surface area contributed by atoms with Crippen molar-refractivity contribution in [3.8, 4) is 0 Å². The Morgan fingerprint density at radius 2 is 2.13 bits per heavy atom. The summed E-state index contributed by atoms with van der Waals surface area (Å²) in [7, 11) is 0. The highest BCUT2D eigenvalue weighted by molar-refractivity contribution is 5.85. The highest BCUT2D eigenvalue weighted by Crippen LogP contribution is 2.23. The number of hydrogen-bond acceptors (Lipinski definition) is 2. The number of benzene rings is 1. The molecule has 0 fully saturated rings. The third-order valence-electron chi connectivity index (χ3n) is 2.47. The lowest BCUT2D eigenvalue weighted by Crippen LogP contribution is -2.11. The second kappa shape index (κ2) is 5.16. The van der Waals surface area contributed by atoms with Crippen molar-refractivity contribution < 1.29 is 5.11 Å². The molecule has 0 radical (unpaired) electrons. The molecule has 2 aromatic rings. The Kier molecular flexibility index (Phi) is 4.15. The van der Waals surface area contributed by atoms with E-state index in [0.717, 1.165) is 16.5 Å². The third-order valence-corrected chi connectivity index (χ3v) is 2.47. The number of rotatable bonds is 3. The van der Waals surface area contributed by atoms with Crippen LogP contribution in [0.3, 0.4) is 0 Å². The maximum Gasteiger partial charge on any atom is 0.0457 e. The van der Waals surface area contributed by atoms with Gasteiger partial charge in [-0.15, -0.1) is 12.4 Å². The highest BCUT2D eigenvalue weighted by atomic mass is 35.5. The van der Waals surface area contributed by atoms with Gasteiger partial charge in [0.15, 0.2) is 0 Å². The monoisotopic (exact) mass is 226 g/mol. The minimum Gasteiger partial charge on any atom is -0.396 e. The van der Waals surface area contributed by atoms with Crippen molar-refractivity contribution in [1.82, 2.24) is 4.98 Å². The van der Waals surface area contributed by atoms with Crippen molar-refractivity contribution in [2.75, 3.05) is 6.61 Å². The van der Waals surface area contributed by atoms with Crippen LogP contribution < -0.4 is 5.73 Å². The number of aliphatic hydroxyl groups is 1. The van der Waals surface area contributed by atoms with Crippen LogP contribution in [0, 0.1) is 0 Å². The topological polar surface area (TPSA) is 62.0 Å². The second-order valence-corrected chi connectivity index (χ2v) is 3.40. The molecule has 1 aromatic heterocycles. The van der Waals surface area contributed by atoms with Gasteiger partial charge in [0.05, 0.1) is 0 Å². The third kappa shape index (κ3) is 2.31. The van der Waals surface area contributed by atoms with E-state index >= 15 is 0 Å². The number of halogens is 1. The summed E-state index contributed by atoms with van der Waals surface area (Å²) in [4.78, 5) is 3.14. The Hall–Kier alpha value is -1.03. The van der Waals surface area contributed by atoms with E-state index in [2.05, 4.69) is 4.98 Å². The average Bonchev–Trinajstić information content (AvgIpc) is 2.65. The molecule has 4 heteroatoms. The minimum atomic E-state index is -0.0838. The molecular formula is C11H15ClN2O. The molecule has 2 rings (SSSR count). The second-order valence-electron chi connectivity index (χ2n) is 3.40. The summed E-state index contributed by atoms with van der Waals surface area (Å²) < 4.78 is 0. The van der Waals surface area contributed by atoms with Crippen LogP contribution in [0.15, 0.2) is 30.5 Å². The van der Waals surface area contributed by atoms with Gasteiger partial charge in [-0.1, -0.05) is 12.1 Å². The van der Waals surface area contributed by atoms with Gasteiger partial charge < -0.3 is 15.8 Å². The van der Waals surface area contributed by atoms with Crippen molar-refractivity contribution >= 4 is 23.3 Å². The van der Waals surface area contributed by atoms with Crippen molar-refractivity contribution in [2.24, 2.45) is 5.73 Å². The number of nitrogens with two attached hydrogens (primary N) is 1. The summed E-state index contributed by atoms with van der Waals surface area (Å²) in [5.74, 6) is 0. The smallest absolute Gasteiger partial charge is 0.0457 e. The zero-order valence-electron chi connectivity index (χ0n) is 8.31. The number of hydrogen-bond donors (Lipinski definition) is 3. The van der Waals surface area contributed by atoms with Crippen molar-refractivity contribution in [3.05, 3.63) is 36.0 Å². The number of nitrogens with one attached hydrogen (secondary N) is 1. The van der Waals surface area contributed by atoms with Crippen LogP contribution in [-0.4, -0.2) is 16.7 Å². The maximum absolute atomic E-state index is 8.83. The number of aliphatic hydroxyl groups excluding tert-OH is 1. The summed E-state index contributed by atoms with van der Waals surface area (Å²) in [6.07, 6.45) is 2.50. The molecule has 0 aliphatic rings. The van der Waals surface area contributed by atoms with E-state index < -0.39 is 0 Å². The van der Waals surface area contributed by atoms with Gasteiger partial charge in [0.2, 0.25) is 0 Å². The lowest BCUT2D eigenvalue weighted by molar-refractivity contribution is 0.277. The molecule has 0 spiro atoms. The van der Waals surface area contributed by atoms with Crippen molar-refractivity contribution in [1.29, 1.82) is 0 Å². The zero-order chi connectivity index (χ0) is 9.97. The van der Waals surface area contributed by atoms with Gasteiger partial charge >= 0.3 is 0 Å². The zero-order valence-corrected chi connectivity index (χ0v) is 9.13. The van der Waals surface area contributed by atoms with Gasteiger partial charge in [0, 0.05) is 29.7 Å². The Morgan fingerprint density at radius 3 is 2.87 bits per heavy atom. The predicted molar refractivity (Wildman–Crippen MR) is 64.2 cm³/mol. The van der Waals surface area contributed by atoms with Crippen LogP contribution in [0.4, 0.5) is 0 Å². The van der Waals surface area contributed by atoms with Gasteiger partial charge in [-0.25, -0.2) is 0 Å². The Morgan fingerprint density at radius 1 is 1.33 bits per heavy atom. The van der Waals surface area contributed by atoms with Gasteiger partial charge in [-0.2, -0.15) is 0 Å². The molecule has 0 saturated heterocycles. The highest BCUT2D eigenvalue weighted by Gasteiger charge is 2.08. The van der Waals surface area contributed by atoms with E-state index in [1.165, 1.54) is 0 Å². The molecule has 1 unspecified atom stereocenters. The van der Waals surface area contributed by atoms with Crippen molar-refractivity contribution in [2.45, 2.75) is 12.5 Å². The Balaban J connectivity index is 0.00000112. The normalized spacial score (nSPS) is 12.4. The average molecular weight is 227 g/mol. The van der Waals surface area contributed by atoms with Gasteiger partial charge in [-0.05, 0) is 24.1 Å². The quantitative estimate of drug-likeness (QED) is 0.750. The molecule has 1 heterocycles. The van der Waals surface area contributed by atoms with Gasteiger partial charge in [0.1, 0.15) is 0 Å². The summed E-state index contributed by atoms with van der Waals surface area (Å²) in [5, 5.41) is 9.98. The predicted octanol–water partition coefficient (Wildman–Crippen LogP) is 1.97. The lowest BCUT2D eigenvalue weighted by Gasteiger charge is -2.11. The fourth-order valence-electron chi connectivity index (χ4n) is 1.73. The molecule has 1 aromatic carbocycles. The molecule has 0 amide bonds. The van der Waals surface area contributed by atoms with Crippen LogP contribution in [0.5, 0.6) is 0 Å². The minimum absolute atomic E-state index is 0. The standard InChI is InChI=1S/C11H14N2O.ClH/c12-10(5-7-14)8-2-1-3-11-9(8)4-6-13-11;/h1-4,6,10,13-14H,5,7,12H2;1H. The van der Waals surface area contributed by atoms with E-state index in [1.807, 2.05) is 30.5 Å². The lowest BCUT2D eigenvalue weighted by atomic mass is 10.0. The summed E-state index contributed by atoms with van der Waals surface area (Å²) in [6, 6.07) is 7.94. The summed E-state index contributed by atoms with van der Waals surface area (Å²) >= 11 is 0. The first-order chi connectivity index (χ1) is 6.83. The number of aromatic amines is 1. The molecule has 82 valence electrons. The Bertz CT molecular complexity index is 427. The van der Waals surface area contributed by atoms with Gasteiger partial charge in [0.25, 0.3) is 0 Å². The maximum atomic E-state index is 8.83. The number of H-pyrrole nitrogens is 1. The van der Waals surface area contributed by atoms with Crippen LogP contribution in [-0.2, 0) is 0 Å². The molecule has 0 aliphatic heterocycles. The van der Waals surface area contributed by atoms with Crippen LogP contribution in [0.25, 0.3) is 10.9 Å². The SMILES string of the molecule is Cl.NC(CCO)c1cccc2[nH]ccc12. The first-order valence-electron chi connectivity index (χ1n) is 4.75. The Labute approximate surface area is 94.7 Å².